The van der Waals surface area contributed by atoms with Crippen molar-refractivity contribution < 1.29 is 18.0 Å². The number of aromatic nitrogens is 1. The lowest BCUT2D eigenvalue weighted by atomic mass is 9.90. The molecular formula is C16H17F3N4OS. The largest absolute Gasteiger partial charge is 0.417 e. The molecule has 1 N–H and O–H groups in total. The van der Waals surface area contributed by atoms with Crippen LogP contribution in [0.3, 0.4) is 0 Å². The van der Waals surface area contributed by atoms with Crippen molar-refractivity contribution in [1.29, 1.82) is 10.5 Å². The fourth-order valence-electron chi connectivity index (χ4n) is 1.84. The van der Waals surface area contributed by atoms with Gasteiger partial charge in [0.1, 0.15) is 16.6 Å². The molecule has 0 aliphatic carbocycles. The molecule has 0 saturated carbocycles. The third-order valence-electron chi connectivity index (χ3n) is 3.66. The van der Waals surface area contributed by atoms with E-state index in [4.69, 9.17) is 5.26 Å². The van der Waals surface area contributed by atoms with E-state index < -0.39 is 28.7 Å². The Labute approximate surface area is 148 Å². The van der Waals surface area contributed by atoms with Gasteiger partial charge in [-0.2, -0.15) is 23.7 Å². The maximum Gasteiger partial charge on any atom is 0.417 e. The zero-order valence-corrected chi connectivity index (χ0v) is 15.0. The first-order chi connectivity index (χ1) is 11.4. The molecule has 1 heterocycles. The molecule has 0 saturated heterocycles. The van der Waals surface area contributed by atoms with E-state index in [1.165, 1.54) is 13.0 Å². The first-order valence-corrected chi connectivity index (χ1v) is 8.27. The van der Waals surface area contributed by atoms with E-state index in [1.54, 1.807) is 20.8 Å². The van der Waals surface area contributed by atoms with Gasteiger partial charge in [-0.1, -0.05) is 25.6 Å². The standard InChI is InChI=1S/C16H17F3N4OS/c1-9(2)15(4,8-21)23-13(24)7-25-14-11(6-20)12(16(17,18)19)5-10(3)22-14/h5,9H,7H2,1-4H3,(H,23,24)/t15-/m0/s1. The molecule has 1 amide bonds. The molecule has 0 fully saturated rings. The maximum atomic E-state index is 13.0. The van der Waals surface area contributed by atoms with Crippen LogP contribution in [0.5, 0.6) is 0 Å². The molecule has 0 radical (unpaired) electrons. The summed E-state index contributed by atoms with van der Waals surface area (Å²) in [4.78, 5) is 16.0. The normalized spacial score (nSPS) is 13.7. The van der Waals surface area contributed by atoms with Crippen LogP contribution in [0.1, 0.15) is 37.6 Å². The number of rotatable bonds is 5. The van der Waals surface area contributed by atoms with Gasteiger partial charge >= 0.3 is 6.18 Å². The summed E-state index contributed by atoms with van der Waals surface area (Å²) in [6.07, 6.45) is -4.69. The fourth-order valence-corrected chi connectivity index (χ4v) is 2.69. The van der Waals surface area contributed by atoms with E-state index in [1.807, 2.05) is 6.07 Å². The quantitative estimate of drug-likeness (QED) is 0.802. The second-order valence-corrected chi connectivity index (χ2v) is 6.87. The summed E-state index contributed by atoms with van der Waals surface area (Å²) in [7, 11) is 0. The molecule has 0 unspecified atom stereocenters. The first kappa shape index (κ1) is 20.8. The Bertz CT molecular complexity index is 749. The lowest BCUT2D eigenvalue weighted by Crippen LogP contribution is -2.49. The molecule has 0 aromatic carbocycles. The third kappa shape index (κ3) is 5.10. The highest BCUT2D eigenvalue weighted by Gasteiger charge is 2.36. The summed E-state index contributed by atoms with van der Waals surface area (Å²) >= 11 is 0.732. The van der Waals surface area contributed by atoms with Crippen LogP contribution < -0.4 is 5.32 Å². The second kappa shape index (κ2) is 7.75. The predicted octanol–water partition coefficient (Wildman–Crippen LogP) is 3.43. The monoisotopic (exact) mass is 370 g/mol. The molecular weight excluding hydrogens is 353 g/mol. The lowest BCUT2D eigenvalue weighted by molar-refractivity contribution is -0.138. The van der Waals surface area contributed by atoms with Gasteiger partial charge in [-0.05, 0) is 25.8 Å². The van der Waals surface area contributed by atoms with Gasteiger partial charge in [0.15, 0.2) is 0 Å². The van der Waals surface area contributed by atoms with E-state index in [0.29, 0.717) is 0 Å². The Morgan fingerprint density at radius 1 is 1.40 bits per heavy atom. The van der Waals surface area contributed by atoms with Crippen molar-refractivity contribution in [1.82, 2.24) is 10.3 Å². The summed E-state index contributed by atoms with van der Waals surface area (Å²) in [6, 6.07) is 4.32. The molecule has 0 spiro atoms. The average Bonchev–Trinajstić information content (AvgIpc) is 2.51. The molecule has 0 aliphatic rings. The van der Waals surface area contributed by atoms with E-state index in [0.717, 1.165) is 17.8 Å². The van der Waals surface area contributed by atoms with Gasteiger partial charge in [0.25, 0.3) is 0 Å². The number of aryl methyl sites for hydroxylation is 1. The number of hydrogen-bond acceptors (Lipinski definition) is 5. The average molecular weight is 370 g/mol. The Morgan fingerprint density at radius 3 is 2.44 bits per heavy atom. The van der Waals surface area contributed by atoms with Gasteiger partial charge in [-0.25, -0.2) is 4.98 Å². The number of thioether (sulfide) groups is 1. The zero-order chi connectivity index (χ0) is 19.4. The van der Waals surface area contributed by atoms with Gasteiger partial charge in [-0.15, -0.1) is 0 Å². The Kier molecular flexibility index (Phi) is 6.44. The third-order valence-corrected chi connectivity index (χ3v) is 4.63. The number of hydrogen-bond donors (Lipinski definition) is 1. The summed E-state index contributed by atoms with van der Waals surface area (Å²) < 4.78 is 39.1. The van der Waals surface area contributed by atoms with E-state index in [9.17, 15) is 23.2 Å². The highest BCUT2D eigenvalue weighted by Crippen LogP contribution is 2.35. The molecule has 25 heavy (non-hydrogen) atoms. The SMILES string of the molecule is Cc1cc(C(F)(F)F)c(C#N)c(SCC(=O)N[C@@](C)(C#N)C(C)C)n1. The molecule has 1 rings (SSSR count). The summed E-state index contributed by atoms with van der Waals surface area (Å²) in [5.41, 5.74) is -2.68. The Balaban J connectivity index is 3.02. The predicted molar refractivity (Wildman–Crippen MR) is 86.4 cm³/mol. The van der Waals surface area contributed by atoms with Crippen LogP contribution >= 0.6 is 11.8 Å². The minimum atomic E-state index is -4.69. The number of halogens is 3. The minimum Gasteiger partial charge on any atom is -0.337 e. The van der Waals surface area contributed by atoms with E-state index >= 15 is 0 Å². The topological polar surface area (TPSA) is 89.6 Å². The maximum absolute atomic E-state index is 13.0. The molecule has 0 bridgehead atoms. The van der Waals surface area contributed by atoms with Crippen LogP contribution in [0.15, 0.2) is 11.1 Å². The molecule has 134 valence electrons. The van der Waals surface area contributed by atoms with Crippen molar-refractivity contribution in [2.45, 2.75) is 44.4 Å². The highest BCUT2D eigenvalue weighted by atomic mass is 32.2. The summed E-state index contributed by atoms with van der Waals surface area (Å²) in [5.74, 6) is -0.939. The number of nitrogens with one attached hydrogen (secondary N) is 1. The molecule has 1 aromatic rings. The Hall–Kier alpha value is -2.26. The lowest BCUT2D eigenvalue weighted by Gasteiger charge is -2.27. The number of nitrogens with zero attached hydrogens (tertiary/aromatic N) is 3. The number of pyridine rings is 1. The van der Waals surface area contributed by atoms with Gasteiger partial charge in [-0.3, -0.25) is 4.79 Å². The minimum absolute atomic E-state index is 0.0956. The highest BCUT2D eigenvalue weighted by molar-refractivity contribution is 8.00. The van der Waals surface area contributed by atoms with Crippen LogP contribution in [0.2, 0.25) is 0 Å². The molecule has 5 nitrogen and oxygen atoms in total. The molecule has 0 aliphatic heterocycles. The second-order valence-electron chi connectivity index (χ2n) is 5.91. The van der Waals surface area contributed by atoms with Crippen LogP contribution in [0.4, 0.5) is 13.2 Å². The van der Waals surface area contributed by atoms with Crippen LogP contribution in [0.25, 0.3) is 0 Å². The fraction of sp³-hybridized carbons (Fsp3) is 0.500. The molecule has 1 aromatic heterocycles. The van der Waals surface area contributed by atoms with Crippen molar-refractivity contribution in [3.05, 3.63) is 22.9 Å². The van der Waals surface area contributed by atoms with Gasteiger partial charge in [0.2, 0.25) is 5.91 Å². The van der Waals surface area contributed by atoms with Crippen molar-refractivity contribution in [3.8, 4) is 12.1 Å². The van der Waals surface area contributed by atoms with Crippen LogP contribution in [-0.4, -0.2) is 22.2 Å². The van der Waals surface area contributed by atoms with Crippen molar-refractivity contribution in [2.75, 3.05) is 5.75 Å². The van der Waals surface area contributed by atoms with Gasteiger partial charge < -0.3 is 5.32 Å². The zero-order valence-electron chi connectivity index (χ0n) is 14.2. The summed E-state index contributed by atoms with van der Waals surface area (Å²) in [5, 5.41) is 20.6. The number of nitriles is 2. The number of amides is 1. The number of alkyl halides is 3. The van der Waals surface area contributed by atoms with E-state index in [2.05, 4.69) is 10.3 Å². The number of carbonyl (C=O) groups is 1. The van der Waals surface area contributed by atoms with Crippen LogP contribution in [-0.2, 0) is 11.0 Å². The first-order valence-electron chi connectivity index (χ1n) is 7.28. The van der Waals surface area contributed by atoms with E-state index in [-0.39, 0.29) is 22.4 Å². The summed E-state index contributed by atoms with van der Waals surface area (Å²) in [6.45, 7) is 6.48. The Morgan fingerprint density at radius 2 is 2.00 bits per heavy atom. The molecule has 9 heteroatoms. The van der Waals surface area contributed by atoms with Crippen molar-refractivity contribution >= 4 is 17.7 Å². The van der Waals surface area contributed by atoms with Gasteiger partial charge in [0.05, 0.1) is 22.9 Å². The van der Waals surface area contributed by atoms with Crippen molar-refractivity contribution in [3.63, 3.8) is 0 Å². The molecule has 1 atom stereocenters. The smallest absolute Gasteiger partial charge is 0.337 e. The van der Waals surface area contributed by atoms with Crippen LogP contribution in [0, 0.1) is 35.5 Å². The van der Waals surface area contributed by atoms with Crippen molar-refractivity contribution in [2.24, 2.45) is 5.92 Å². The number of carbonyl (C=O) groups excluding carboxylic acids is 1. The van der Waals surface area contributed by atoms with Gasteiger partial charge in [0, 0.05) is 5.69 Å².